The molecule has 3 aromatic carbocycles. The Morgan fingerprint density at radius 3 is 2.45 bits per heavy atom. The van der Waals surface area contributed by atoms with Crippen LogP contribution in [0.15, 0.2) is 72.1 Å². The van der Waals surface area contributed by atoms with Gasteiger partial charge < -0.3 is 4.74 Å². The van der Waals surface area contributed by atoms with E-state index in [2.05, 4.69) is 4.98 Å². The Balaban J connectivity index is 1.79. The van der Waals surface area contributed by atoms with Crippen molar-refractivity contribution in [1.29, 1.82) is 0 Å². The normalized spacial score (nSPS) is 10.6. The summed E-state index contributed by atoms with van der Waals surface area (Å²) in [7, 11) is 1.26. The predicted octanol–water partition coefficient (Wildman–Crippen LogP) is 5.98. The number of carbonyl (C=O) groups excluding carboxylic acids is 1. The molecule has 0 amide bonds. The first-order valence-electron chi connectivity index (χ1n) is 9.16. The summed E-state index contributed by atoms with van der Waals surface area (Å²) in [5.74, 6) is -0.933. The summed E-state index contributed by atoms with van der Waals surface area (Å²) in [5, 5.41) is 13.9. The molecule has 0 N–H and O–H groups in total. The van der Waals surface area contributed by atoms with Gasteiger partial charge in [-0.3, -0.25) is 10.1 Å². The summed E-state index contributed by atoms with van der Waals surface area (Å²) >= 11 is 1.37. The van der Waals surface area contributed by atoms with Crippen LogP contribution in [0.4, 0.5) is 10.1 Å². The van der Waals surface area contributed by atoms with E-state index in [1.807, 2.05) is 5.38 Å². The van der Waals surface area contributed by atoms with Crippen LogP contribution in [0.3, 0.4) is 0 Å². The first-order chi connectivity index (χ1) is 15.0. The highest BCUT2D eigenvalue weighted by Gasteiger charge is 2.22. The van der Waals surface area contributed by atoms with Crippen LogP contribution in [0.2, 0.25) is 0 Å². The van der Waals surface area contributed by atoms with Crippen LogP contribution in [0, 0.1) is 15.9 Å². The first kappa shape index (κ1) is 20.4. The molecule has 0 fully saturated rings. The lowest BCUT2D eigenvalue weighted by Crippen LogP contribution is -2.05. The van der Waals surface area contributed by atoms with Gasteiger partial charge >= 0.3 is 5.97 Å². The minimum atomic E-state index is -0.606. The Bertz CT molecular complexity index is 1280. The van der Waals surface area contributed by atoms with Crippen molar-refractivity contribution in [2.75, 3.05) is 7.11 Å². The Hall–Kier alpha value is -3.91. The third-order valence-corrected chi connectivity index (χ3v) is 5.60. The Labute approximate surface area is 180 Å². The lowest BCUT2D eigenvalue weighted by molar-refractivity contribution is -0.384. The number of halogens is 1. The maximum absolute atomic E-state index is 13.2. The molecule has 0 aliphatic rings. The Morgan fingerprint density at radius 2 is 1.74 bits per heavy atom. The second-order valence-electron chi connectivity index (χ2n) is 6.57. The maximum atomic E-state index is 13.2. The number of aromatic nitrogens is 1. The molecule has 6 nitrogen and oxygen atoms in total. The van der Waals surface area contributed by atoms with Gasteiger partial charge in [0.15, 0.2) is 0 Å². The van der Waals surface area contributed by atoms with Gasteiger partial charge in [0, 0.05) is 28.1 Å². The topological polar surface area (TPSA) is 82.3 Å². The lowest BCUT2D eigenvalue weighted by Gasteiger charge is -2.10. The van der Waals surface area contributed by atoms with Gasteiger partial charge in [-0.1, -0.05) is 24.3 Å². The molecule has 1 aromatic heterocycles. The van der Waals surface area contributed by atoms with Gasteiger partial charge in [-0.25, -0.2) is 14.2 Å². The number of thiazole rings is 1. The molecule has 4 rings (SSSR count). The molecular weight excluding hydrogens is 419 g/mol. The van der Waals surface area contributed by atoms with Crippen molar-refractivity contribution in [1.82, 2.24) is 4.98 Å². The lowest BCUT2D eigenvalue weighted by atomic mass is 9.96. The van der Waals surface area contributed by atoms with Crippen molar-refractivity contribution in [2.24, 2.45) is 0 Å². The summed E-state index contributed by atoms with van der Waals surface area (Å²) in [5.41, 5.74) is 2.95. The van der Waals surface area contributed by atoms with Gasteiger partial charge in [-0.2, -0.15) is 0 Å². The third kappa shape index (κ3) is 4.06. The fourth-order valence-electron chi connectivity index (χ4n) is 3.21. The molecular formula is C23H15FN2O4S. The van der Waals surface area contributed by atoms with Crippen molar-refractivity contribution >= 4 is 23.0 Å². The van der Waals surface area contributed by atoms with E-state index in [-0.39, 0.29) is 17.1 Å². The van der Waals surface area contributed by atoms with Gasteiger partial charge in [0.05, 0.1) is 28.9 Å². The molecule has 4 aromatic rings. The number of nitrogens with zero attached hydrogens (tertiary/aromatic N) is 2. The zero-order valence-electron chi connectivity index (χ0n) is 16.2. The van der Waals surface area contributed by atoms with E-state index < -0.39 is 10.9 Å². The molecule has 0 atom stereocenters. The average Bonchev–Trinajstić information content (AvgIpc) is 3.29. The maximum Gasteiger partial charge on any atom is 0.338 e. The van der Waals surface area contributed by atoms with Crippen LogP contribution in [-0.2, 0) is 4.74 Å². The largest absolute Gasteiger partial charge is 0.465 e. The summed E-state index contributed by atoms with van der Waals surface area (Å²) in [6.07, 6.45) is 0. The molecule has 154 valence electrons. The second-order valence-corrected chi connectivity index (χ2v) is 7.43. The number of hydrogen-bond donors (Lipinski definition) is 0. The number of hydrogen-bond acceptors (Lipinski definition) is 6. The number of benzene rings is 3. The summed E-state index contributed by atoms with van der Waals surface area (Å²) in [6, 6.07) is 17.3. The molecule has 8 heteroatoms. The van der Waals surface area contributed by atoms with Crippen LogP contribution < -0.4 is 0 Å². The summed E-state index contributed by atoms with van der Waals surface area (Å²) in [6.45, 7) is 0. The van der Waals surface area contributed by atoms with Crippen molar-refractivity contribution in [3.05, 3.63) is 93.6 Å². The van der Waals surface area contributed by atoms with E-state index in [9.17, 15) is 19.3 Å². The first-order valence-corrected chi connectivity index (χ1v) is 10.0. The third-order valence-electron chi connectivity index (χ3n) is 4.71. The second kappa shape index (κ2) is 8.45. The molecule has 0 saturated heterocycles. The number of ether oxygens (including phenoxy) is 1. The van der Waals surface area contributed by atoms with E-state index in [1.54, 1.807) is 48.5 Å². The van der Waals surface area contributed by atoms with E-state index in [4.69, 9.17) is 4.74 Å². The Kier molecular flexibility index (Phi) is 5.55. The van der Waals surface area contributed by atoms with Gasteiger partial charge in [0.2, 0.25) is 0 Å². The number of methoxy groups -OCH3 is 1. The van der Waals surface area contributed by atoms with Crippen LogP contribution in [0.5, 0.6) is 0 Å². The van der Waals surface area contributed by atoms with Crippen LogP contribution in [0.1, 0.15) is 10.4 Å². The smallest absolute Gasteiger partial charge is 0.338 e. The Morgan fingerprint density at radius 1 is 1.03 bits per heavy atom. The van der Waals surface area contributed by atoms with Gasteiger partial charge in [0.1, 0.15) is 10.8 Å². The number of rotatable bonds is 5. The highest BCUT2D eigenvalue weighted by molar-refractivity contribution is 7.13. The van der Waals surface area contributed by atoms with Gasteiger partial charge in [-0.05, 0) is 36.4 Å². The SMILES string of the molecule is COC(=O)c1cc(-c2nc(-c3ccc(F)cc3)cs2)ccc1-c1ccccc1[N+](=O)[O-]. The highest BCUT2D eigenvalue weighted by atomic mass is 32.1. The average molecular weight is 434 g/mol. The molecule has 0 radical (unpaired) electrons. The molecule has 0 saturated carbocycles. The minimum Gasteiger partial charge on any atom is -0.465 e. The quantitative estimate of drug-likeness (QED) is 0.219. The molecule has 0 aliphatic heterocycles. The van der Waals surface area contributed by atoms with Crippen molar-refractivity contribution in [3.8, 4) is 33.0 Å². The minimum absolute atomic E-state index is 0.103. The highest BCUT2D eigenvalue weighted by Crippen LogP contribution is 2.36. The number of carbonyl (C=O) groups is 1. The van der Waals surface area contributed by atoms with E-state index in [0.717, 1.165) is 5.56 Å². The number of nitro benzene ring substituents is 1. The van der Waals surface area contributed by atoms with Crippen molar-refractivity contribution in [3.63, 3.8) is 0 Å². The monoisotopic (exact) mass is 434 g/mol. The molecule has 0 unspecified atom stereocenters. The fourth-order valence-corrected chi connectivity index (χ4v) is 4.04. The van der Waals surface area contributed by atoms with Crippen LogP contribution >= 0.6 is 11.3 Å². The molecule has 0 spiro atoms. The van der Waals surface area contributed by atoms with Crippen molar-refractivity contribution < 1.29 is 18.8 Å². The van der Waals surface area contributed by atoms with Crippen LogP contribution in [0.25, 0.3) is 33.0 Å². The van der Waals surface area contributed by atoms with Gasteiger partial charge in [-0.15, -0.1) is 11.3 Å². The summed E-state index contributed by atoms with van der Waals surface area (Å²) in [4.78, 5) is 28.0. The van der Waals surface area contributed by atoms with E-state index >= 15 is 0 Å². The zero-order valence-corrected chi connectivity index (χ0v) is 17.1. The summed E-state index contributed by atoms with van der Waals surface area (Å²) < 4.78 is 18.1. The zero-order chi connectivity index (χ0) is 22.0. The van der Waals surface area contributed by atoms with E-state index in [1.165, 1.54) is 36.6 Å². The molecule has 31 heavy (non-hydrogen) atoms. The molecule has 0 aliphatic carbocycles. The van der Waals surface area contributed by atoms with E-state index in [0.29, 0.717) is 27.4 Å². The number of nitro groups is 1. The molecule has 1 heterocycles. The fraction of sp³-hybridized carbons (Fsp3) is 0.0435. The van der Waals surface area contributed by atoms with Crippen molar-refractivity contribution in [2.45, 2.75) is 0 Å². The predicted molar refractivity (Wildman–Crippen MR) is 116 cm³/mol. The van der Waals surface area contributed by atoms with Crippen LogP contribution in [-0.4, -0.2) is 23.0 Å². The van der Waals surface area contributed by atoms with Gasteiger partial charge in [0.25, 0.3) is 5.69 Å². The standard InChI is InChI=1S/C23H15FN2O4S/c1-30-23(27)19-12-15(8-11-17(19)18-4-2-3-5-21(18)26(28)29)22-25-20(13-31-22)14-6-9-16(24)10-7-14/h2-13H,1H3. The number of para-hydroxylation sites is 1. The number of esters is 1. The molecule has 0 bridgehead atoms.